The molecule has 0 bridgehead atoms. The van der Waals surface area contributed by atoms with Gasteiger partial charge in [0.2, 0.25) is 0 Å². The van der Waals surface area contributed by atoms with Crippen molar-refractivity contribution >= 4 is 35.3 Å². The third-order valence-electron chi connectivity index (χ3n) is 7.22. The second-order valence-corrected chi connectivity index (χ2v) is 10.7. The Labute approximate surface area is 302 Å². The van der Waals surface area contributed by atoms with Crippen LogP contribution in [0.3, 0.4) is 0 Å². The smallest absolute Gasteiger partial charge is 0.341 e. The van der Waals surface area contributed by atoms with Crippen LogP contribution in [0.25, 0.3) is 0 Å². The number of benzene rings is 5. The molecular weight excluding hydrogens is 688 g/mol. The summed E-state index contributed by atoms with van der Waals surface area (Å²) in [7, 11) is 1.27. The Morgan fingerprint density at radius 1 is 0.547 bits per heavy atom. The van der Waals surface area contributed by atoms with Gasteiger partial charge >= 0.3 is 11.9 Å². The van der Waals surface area contributed by atoms with Crippen molar-refractivity contribution in [2.45, 2.75) is 0 Å². The number of Topliss-reactive ketones (excluding diaryl/α,β-unsaturated/α-hetero) is 2. The van der Waals surface area contributed by atoms with E-state index in [1.54, 1.807) is 78.9 Å². The second-order valence-electron chi connectivity index (χ2n) is 10.7. The number of aromatic hydroxyl groups is 4. The first kappa shape index (κ1) is 40.1. The van der Waals surface area contributed by atoms with E-state index in [1.165, 1.54) is 49.6 Å². The second kappa shape index (κ2) is 19.2. The van der Waals surface area contributed by atoms with Gasteiger partial charge in [0.1, 0.15) is 34.1 Å². The molecule has 53 heavy (non-hydrogen) atoms. The molecule has 1 aliphatic rings. The van der Waals surface area contributed by atoms with Gasteiger partial charge in [0, 0.05) is 0 Å². The molecule has 0 aromatic heterocycles. The highest BCUT2D eigenvalue weighted by Crippen LogP contribution is 2.24. The molecule has 1 aliphatic heterocycles. The van der Waals surface area contributed by atoms with Crippen LogP contribution in [-0.4, -0.2) is 86.0 Å². The quantitative estimate of drug-likeness (QED) is 0.0761. The van der Waals surface area contributed by atoms with Gasteiger partial charge in [-0.25, -0.2) is 9.59 Å². The van der Waals surface area contributed by atoms with Gasteiger partial charge in [-0.3, -0.25) is 24.1 Å². The first-order valence-electron chi connectivity index (χ1n) is 15.5. The molecule has 7 N–H and O–H groups in total. The molecule has 272 valence electrons. The molecule has 0 saturated carbocycles. The Bertz CT molecular complexity index is 2040. The standard InChI is InChI=1S/C16H11NO4.C8H9NO2.C8H8O3.C7H6O3/c18-13-8-4-3-7-12(13)14(19)9-17-15(20)10-5-1-2-6-11(10)16(17)21;9-5-8(11)6-3-1-2-4-7(6)10;1-11-8(10)6-4-2-3-5-7(6)9;8-6-4-2-1-3-5(6)7(9)10/h1-8,18H,9H2;1-4,10H,5,9H2;2-5,9H,1H3;1-4,8H,(H,9,10). The topological polar surface area (TPSA) is 242 Å². The number of aromatic carboxylic acids is 1. The van der Waals surface area contributed by atoms with Gasteiger partial charge in [-0.1, -0.05) is 60.7 Å². The summed E-state index contributed by atoms with van der Waals surface area (Å²) >= 11 is 0. The zero-order chi connectivity index (χ0) is 39.1. The van der Waals surface area contributed by atoms with Gasteiger partial charge in [0.05, 0.1) is 42.5 Å². The molecular formula is C39H34N2O12. The van der Waals surface area contributed by atoms with Crippen LogP contribution in [0.15, 0.2) is 121 Å². The van der Waals surface area contributed by atoms with Crippen molar-refractivity contribution in [2.24, 2.45) is 5.73 Å². The molecule has 5 aromatic carbocycles. The minimum absolute atomic E-state index is 0.0112. The van der Waals surface area contributed by atoms with Crippen LogP contribution >= 0.6 is 0 Å². The van der Waals surface area contributed by atoms with E-state index < -0.39 is 29.5 Å². The molecule has 0 spiro atoms. The number of phenolic OH excluding ortho intramolecular Hbond substituents is 3. The fraction of sp³-hybridized carbons (Fsp3) is 0.0769. The predicted octanol–water partition coefficient (Wildman–Crippen LogP) is 4.67. The molecule has 0 saturated heterocycles. The third kappa shape index (κ3) is 10.6. The zero-order valence-electron chi connectivity index (χ0n) is 28.1. The maximum Gasteiger partial charge on any atom is 0.341 e. The average molecular weight is 723 g/mol. The molecule has 14 heteroatoms. The number of amides is 2. The van der Waals surface area contributed by atoms with Gasteiger partial charge in [0.15, 0.2) is 11.6 Å². The lowest BCUT2D eigenvalue weighted by Crippen LogP contribution is -2.34. The molecule has 6 rings (SSSR count). The lowest BCUT2D eigenvalue weighted by molar-refractivity contribution is 0.0594. The largest absolute Gasteiger partial charge is 0.507 e. The van der Waals surface area contributed by atoms with E-state index in [2.05, 4.69) is 4.74 Å². The number of carbonyl (C=O) groups excluding carboxylic acids is 5. The van der Waals surface area contributed by atoms with Crippen molar-refractivity contribution in [3.63, 3.8) is 0 Å². The third-order valence-corrected chi connectivity index (χ3v) is 7.22. The average Bonchev–Trinajstić information content (AvgIpc) is 3.40. The van der Waals surface area contributed by atoms with Crippen molar-refractivity contribution in [1.29, 1.82) is 0 Å². The number of carboxylic acids is 1. The Kier molecular flexibility index (Phi) is 14.5. The first-order chi connectivity index (χ1) is 25.3. The van der Waals surface area contributed by atoms with E-state index in [0.29, 0.717) is 11.1 Å². The fourth-order valence-electron chi connectivity index (χ4n) is 4.55. The Balaban J connectivity index is 0.000000203. The summed E-state index contributed by atoms with van der Waals surface area (Å²) in [4.78, 5) is 69.4. The summed E-state index contributed by atoms with van der Waals surface area (Å²) in [6, 6.07) is 30.9. The highest BCUT2D eigenvalue weighted by atomic mass is 16.5. The molecule has 2 amide bonds. The number of hydrogen-bond donors (Lipinski definition) is 6. The number of imide groups is 1. The maximum absolute atomic E-state index is 12.2. The summed E-state index contributed by atoms with van der Waals surface area (Å²) in [6.07, 6.45) is 0. The van der Waals surface area contributed by atoms with E-state index >= 15 is 0 Å². The van der Waals surface area contributed by atoms with Crippen LogP contribution < -0.4 is 5.73 Å². The van der Waals surface area contributed by atoms with Crippen LogP contribution in [0, 0.1) is 0 Å². The number of ketones is 2. The molecule has 14 nitrogen and oxygen atoms in total. The first-order valence-corrected chi connectivity index (χ1v) is 15.5. The monoisotopic (exact) mass is 722 g/mol. The Hall–Kier alpha value is -7.32. The van der Waals surface area contributed by atoms with Gasteiger partial charge in [-0.2, -0.15) is 0 Å². The summed E-state index contributed by atoms with van der Waals surface area (Å²) < 4.78 is 4.42. The van der Waals surface area contributed by atoms with Crippen LogP contribution in [0.2, 0.25) is 0 Å². The molecule has 0 atom stereocenters. The minimum Gasteiger partial charge on any atom is -0.507 e. The minimum atomic E-state index is -1.11. The normalized spacial score (nSPS) is 10.9. The predicted molar refractivity (Wildman–Crippen MR) is 190 cm³/mol. The number of esters is 1. The van der Waals surface area contributed by atoms with E-state index in [1.807, 2.05) is 0 Å². The molecule has 1 heterocycles. The fourth-order valence-corrected chi connectivity index (χ4v) is 4.55. The van der Waals surface area contributed by atoms with E-state index in [9.17, 15) is 33.9 Å². The Morgan fingerprint density at radius 3 is 1.23 bits per heavy atom. The van der Waals surface area contributed by atoms with Crippen molar-refractivity contribution < 1.29 is 59.0 Å². The van der Waals surface area contributed by atoms with Gasteiger partial charge in [-0.05, 0) is 60.7 Å². The summed E-state index contributed by atoms with van der Waals surface area (Å²) in [5.41, 5.74) is 6.21. The number of methoxy groups -OCH3 is 1. The maximum atomic E-state index is 12.2. The number of nitrogens with zero attached hydrogens (tertiary/aromatic N) is 1. The highest BCUT2D eigenvalue weighted by Gasteiger charge is 2.36. The van der Waals surface area contributed by atoms with E-state index in [0.717, 1.165) is 4.90 Å². The lowest BCUT2D eigenvalue weighted by atomic mass is 10.1. The molecule has 0 radical (unpaired) electrons. The molecule has 0 aliphatic carbocycles. The molecule has 0 unspecified atom stereocenters. The number of hydrogen-bond acceptors (Lipinski definition) is 12. The SMILES string of the molecule is COC(=O)c1ccccc1O.NCC(=O)c1ccccc1O.O=C(CN1C(=O)c2ccccc2C1=O)c1ccccc1O.O=C(O)c1ccccc1O. The Morgan fingerprint density at radius 2 is 0.887 bits per heavy atom. The number of fused-ring (bicyclic) bond motifs is 1. The number of ether oxygens (including phenoxy) is 1. The number of rotatable bonds is 7. The van der Waals surface area contributed by atoms with Crippen molar-refractivity contribution in [3.8, 4) is 23.0 Å². The summed E-state index contributed by atoms with van der Waals surface area (Å²) in [5.74, 6) is -3.78. The highest BCUT2D eigenvalue weighted by molar-refractivity contribution is 6.23. The van der Waals surface area contributed by atoms with Gasteiger partial charge in [-0.15, -0.1) is 0 Å². The number of para-hydroxylation sites is 4. The number of nitrogens with two attached hydrogens (primary N) is 1. The molecule has 0 fully saturated rings. The van der Waals surface area contributed by atoms with Crippen LogP contribution in [0.4, 0.5) is 0 Å². The molecule has 5 aromatic rings. The van der Waals surface area contributed by atoms with Crippen LogP contribution in [0.5, 0.6) is 23.0 Å². The summed E-state index contributed by atoms with van der Waals surface area (Å²) in [5, 5.41) is 45.2. The number of carbonyl (C=O) groups is 6. The lowest BCUT2D eigenvalue weighted by Gasteiger charge is -2.13. The van der Waals surface area contributed by atoms with E-state index in [-0.39, 0.29) is 64.1 Å². The van der Waals surface area contributed by atoms with Gasteiger partial charge in [0.25, 0.3) is 11.8 Å². The number of phenols is 4. The van der Waals surface area contributed by atoms with Crippen molar-refractivity contribution in [1.82, 2.24) is 4.90 Å². The van der Waals surface area contributed by atoms with Crippen molar-refractivity contribution in [2.75, 3.05) is 20.2 Å². The summed E-state index contributed by atoms with van der Waals surface area (Å²) in [6.45, 7) is -0.457. The van der Waals surface area contributed by atoms with Crippen molar-refractivity contribution in [3.05, 3.63) is 155 Å². The number of carboxylic acid groups (broad SMARTS) is 1. The van der Waals surface area contributed by atoms with Crippen LogP contribution in [-0.2, 0) is 4.74 Å². The van der Waals surface area contributed by atoms with Crippen LogP contribution in [0.1, 0.15) is 62.1 Å². The van der Waals surface area contributed by atoms with E-state index in [4.69, 9.17) is 26.2 Å². The zero-order valence-corrected chi connectivity index (χ0v) is 28.1. The van der Waals surface area contributed by atoms with Gasteiger partial charge < -0.3 is 36.0 Å².